The number of benzene rings is 6. The molecule has 4 aromatic heterocycles. The number of fused-ring (bicyclic) bond motifs is 12. The van der Waals surface area contributed by atoms with Crippen LogP contribution in [0.4, 0.5) is 17.2 Å². The van der Waals surface area contributed by atoms with Crippen LogP contribution in [-0.4, -0.2) is 9.97 Å². The van der Waals surface area contributed by atoms with Gasteiger partial charge in [0.25, 0.3) is 0 Å². The first kappa shape index (κ1) is 24.3. The van der Waals surface area contributed by atoms with Crippen LogP contribution in [0.15, 0.2) is 149 Å². The lowest BCUT2D eigenvalue weighted by Crippen LogP contribution is -2.12. The number of aromatic nitrogens is 2. The molecule has 0 saturated heterocycles. The molecule has 0 aliphatic carbocycles. The van der Waals surface area contributed by atoms with Crippen molar-refractivity contribution in [1.82, 2.24) is 9.97 Å². The molecule has 0 spiro atoms. The third kappa shape index (κ3) is 3.49. The molecule has 6 aromatic carbocycles. The molecule has 10 rings (SSSR count). The Bertz CT molecular complexity index is 2760. The van der Waals surface area contributed by atoms with E-state index in [0.29, 0.717) is 5.71 Å². The van der Waals surface area contributed by atoms with Crippen LogP contribution in [0.1, 0.15) is 0 Å². The third-order valence-electron chi connectivity index (χ3n) is 8.95. The van der Waals surface area contributed by atoms with Gasteiger partial charge in [0, 0.05) is 22.7 Å². The molecule has 0 unspecified atom stereocenters. The minimum Gasteiger partial charge on any atom is -0.456 e. The van der Waals surface area contributed by atoms with Gasteiger partial charge < -0.3 is 8.83 Å². The molecule has 0 aliphatic rings. The molecule has 10 aromatic rings. The Balaban J connectivity index is 1.32. The van der Waals surface area contributed by atoms with E-state index in [-0.39, 0.29) is 0 Å². The minimum absolute atomic E-state index is 0.607. The lowest BCUT2D eigenvalue weighted by atomic mass is 9.94. The number of furan rings is 2. The van der Waals surface area contributed by atoms with E-state index in [1.165, 1.54) is 32.3 Å². The van der Waals surface area contributed by atoms with Crippen LogP contribution < -0.4 is 4.90 Å². The summed E-state index contributed by atoms with van der Waals surface area (Å²) >= 11 is 0. The summed E-state index contributed by atoms with van der Waals surface area (Å²) in [6.07, 6.45) is 3.69. The quantitative estimate of drug-likeness (QED) is 0.196. The lowest BCUT2D eigenvalue weighted by Gasteiger charge is -2.25. The molecule has 0 atom stereocenters. The topological polar surface area (TPSA) is 55.3 Å². The van der Waals surface area contributed by atoms with Crippen LogP contribution in [0.5, 0.6) is 0 Å². The molecule has 210 valence electrons. The Morgan fingerprint density at radius 3 is 1.73 bits per heavy atom. The molecule has 5 nitrogen and oxygen atoms in total. The molecular weight excluding hydrogens is 554 g/mol. The van der Waals surface area contributed by atoms with Gasteiger partial charge in [0.15, 0.2) is 0 Å². The highest BCUT2D eigenvalue weighted by atomic mass is 16.3. The van der Waals surface area contributed by atoms with Gasteiger partial charge in [-0.1, -0.05) is 91.0 Å². The van der Waals surface area contributed by atoms with E-state index in [9.17, 15) is 0 Å². The molecule has 4 heterocycles. The summed E-state index contributed by atoms with van der Waals surface area (Å²) in [6.45, 7) is 0. The van der Waals surface area contributed by atoms with E-state index in [4.69, 9.17) is 18.8 Å². The second kappa shape index (κ2) is 9.15. The van der Waals surface area contributed by atoms with Crippen molar-refractivity contribution < 1.29 is 8.83 Å². The maximum absolute atomic E-state index is 6.31. The van der Waals surface area contributed by atoms with Gasteiger partial charge in [-0.2, -0.15) is 0 Å². The van der Waals surface area contributed by atoms with E-state index < -0.39 is 0 Å². The van der Waals surface area contributed by atoms with Gasteiger partial charge in [-0.15, -0.1) is 0 Å². The number of pyridine rings is 2. The number of para-hydroxylation sites is 2. The molecule has 5 heteroatoms. The fourth-order valence-corrected chi connectivity index (χ4v) is 6.97. The smallest absolute Gasteiger partial charge is 0.227 e. The van der Waals surface area contributed by atoms with Gasteiger partial charge in [0.05, 0.1) is 22.7 Å². The van der Waals surface area contributed by atoms with E-state index in [1.807, 2.05) is 54.9 Å². The second-order valence-corrected chi connectivity index (χ2v) is 11.4. The van der Waals surface area contributed by atoms with Crippen molar-refractivity contribution in [3.05, 3.63) is 140 Å². The fourth-order valence-electron chi connectivity index (χ4n) is 6.97. The van der Waals surface area contributed by atoms with Crippen molar-refractivity contribution >= 4 is 93.5 Å². The van der Waals surface area contributed by atoms with E-state index in [2.05, 4.69) is 89.8 Å². The van der Waals surface area contributed by atoms with Gasteiger partial charge in [-0.05, 0) is 68.7 Å². The fraction of sp³-hybridized carbons (Fsp3) is 0. The monoisotopic (exact) mass is 577 g/mol. The largest absolute Gasteiger partial charge is 0.456 e. The van der Waals surface area contributed by atoms with Crippen molar-refractivity contribution in [3.63, 3.8) is 0 Å². The highest BCUT2D eigenvalue weighted by Gasteiger charge is 2.23. The normalized spacial score (nSPS) is 12.0. The van der Waals surface area contributed by atoms with Gasteiger partial charge in [0.1, 0.15) is 22.6 Å². The van der Waals surface area contributed by atoms with Gasteiger partial charge in [-0.3, -0.25) is 4.90 Å². The average Bonchev–Trinajstić information content (AvgIpc) is 3.67. The highest BCUT2D eigenvalue weighted by Crippen LogP contribution is 2.44. The van der Waals surface area contributed by atoms with Crippen LogP contribution in [0, 0.1) is 0 Å². The Morgan fingerprint density at radius 2 is 1.00 bits per heavy atom. The van der Waals surface area contributed by atoms with E-state index in [0.717, 1.165) is 55.5 Å². The molecule has 0 bridgehead atoms. The van der Waals surface area contributed by atoms with Crippen LogP contribution in [0.3, 0.4) is 0 Å². The molecule has 0 radical (unpaired) electrons. The van der Waals surface area contributed by atoms with Crippen LogP contribution in [-0.2, 0) is 0 Å². The zero-order chi connectivity index (χ0) is 29.5. The summed E-state index contributed by atoms with van der Waals surface area (Å²) in [5, 5.41) is 11.3. The molecule has 0 fully saturated rings. The molecule has 0 aliphatic heterocycles. The first-order valence-corrected chi connectivity index (χ1v) is 15.0. The summed E-state index contributed by atoms with van der Waals surface area (Å²) in [5.74, 6) is 0.774. The van der Waals surface area contributed by atoms with Crippen LogP contribution in [0.25, 0.3) is 76.3 Å². The Morgan fingerprint density at radius 1 is 0.422 bits per heavy atom. The predicted octanol–water partition coefficient (Wildman–Crippen LogP) is 11.2. The Kier molecular flexibility index (Phi) is 4.93. The zero-order valence-electron chi connectivity index (χ0n) is 23.9. The first-order valence-electron chi connectivity index (χ1n) is 15.0. The average molecular weight is 578 g/mol. The van der Waals surface area contributed by atoms with Gasteiger partial charge in [0.2, 0.25) is 5.71 Å². The van der Waals surface area contributed by atoms with Crippen molar-refractivity contribution in [3.8, 4) is 0 Å². The standard InChI is InChI=1S/C40H23N3O2/c1-2-11-28-26(9-1)27-10-3-4-12-29(27)33-21-24(17-18-30(28)33)43(25-22-34-31-13-5-7-15-35(31)45-40(34)42-23-25)39-38-32-14-6-8-16-36(32)44-37(38)19-20-41-39/h1-23H. The summed E-state index contributed by atoms with van der Waals surface area (Å²) in [7, 11) is 0. The third-order valence-corrected chi connectivity index (χ3v) is 8.95. The summed E-state index contributed by atoms with van der Waals surface area (Å²) in [5.41, 5.74) is 4.88. The summed E-state index contributed by atoms with van der Waals surface area (Å²) in [6, 6.07) is 44.3. The van der Waals surface area contributed by atoms with Crippen molar-refractivity contribution in [2.24, 2.45) is 0 Å². The molecule has 0 N–H and O–H groups in total. The Labute approximate surface area is 256 Å². The molecular formula is C40H23N3O2. The maximum atomic E-state index is 6.31. The minimum atomic E-state index is 0.607. The predicted molar refractivity (Wildman–Crippen MR) is 184 cm³/mol. The number of nitrogens with zero attached hydrogens (tertiary/aromatic N) is 3. The Hall–Kier alpha value is -6.20. The highest BCUT2D eigenvalue weighted by molar-refractivity contribution is 6.26. The summed E-state index contributed by atoms with van der Waals surface area (Å²) < 4.78 is 12.4. The number of hydrogen-bond donors (Lipinski definition) is 0. The summed E-state index contributed by atoms with van der Waals surface area (Å²) in [4.78, 5) is 12.0. The zero-order valence-corrected chi connectivity index (χ0v) is 23.9. The molecule has 0 saturated carbocycles. The van der Waals surface area contributed by atoms with Crippen molar-refractivity contribution in [2.45, 2.75) is 0 Å². The first-order chi connectivity index (χ1) is 22.3. The van der Waals surface area contributed by atoms with Gasteiger partial charge in [-0.25, -0.2) is 9.97 Å². The molecule has 0 amide bonds. The maximum Gasteiger partial charge on any atom is 0.227 e. The van der Waals surface area contributed by atoms with Crippen LogP contribution in [0.2, 0.25) is 0 Å². The lowest BCUT2D eigenvalue weighted by molar-refractivity contribution is 0.654. The number of anilines is 3. The molecule has 45 heavy (non-hydrogen) atoms. The van der Waals surface area contributed by atoms with Crippen LogP contribution >= 0.6 is 0 Å². The number of hydrogen-bond acceptors (Lipinski definition) is 5. The van der Waals surface area contributed by atoms with Crippen molar-refractivity contribution in [1.29, 1.82) is 0 Å². The number of rotatable bonds is 3. The van der Waals surface area contributed by atoms with Gasteiger partial charge >= 0.3 is 0 Å². The van der Waals surface area contributed by atoms with E-state index >= 15 is 0 Å². The SMILES string of the molecule is c1ccc2c(c1)oc1ncc(N(c3ccc4c5ccccc5c5ccccc5c4c3)c3nccc4oc5ccccc5c34)cc12. The second-order valence-electron chi connectivity index (χ2n) is 11.4. The van der Waals surface area contributed by atoms with E-state index in [1.54, 1.807) is 0 Å². The van der Waals surface area contributed by atoms with Crippen molar-refractivity contribution in [2.75, 3.05) is 4.90 Å².